The summed E-state index contributed by atoms with van der Waals surface area (Å²) in [5.41, 5.74) is 1.56. The van der Waals surface area contributed by atoms with E-state index in [0.29, 0.717) is 12.8 Å². The van der Waals surface area contributed by atoms with Gasteiger partial charge >= 0.3 is 0 Å². The first-order valence-electron chi connectivity index (χ1n) is 6.78. The standard InChI is InChI=1S/C15H22N2/c16-12-3-1-6-14-8-5-9-15(11-10-14)7-2-4-13-17/h8,15H,1-7,9-11H2. The molecule has 92 valence electrons. The molecule has 1 rings (SSSR count). The quantitative estimate of drug-likeness (QED) is 0.498. The largest absolute Gasteiger partial charge is 0.198 e. The van der Waals surface area contributed by atoms with Gasteiger partial charge < -0.3 is 0 Å². The maximum atomic E-state index is 8.53. The van der Waals surface area contributed by atoms with Crippen molar-refractivity contribution in [1.29, 1.82) is 10.5 Å². The monoisotopic (exact) mass is 230 g/mol. The Labute approximate surface area is 105 Å². The van der Waals surface area contributed by atoms with Gasteiger partial charge in [0.25, 0.3) is 0 Å². The third-order valence-corrected chi connectivity index (χ3v) is 3.57. The second-order valence-corrected chi connectivity index (χ2v) is 4.91. The zero-order valence-electron chi connectivity index (χ0n) is 10.6. The van der Waals surface area contributed by atoms with Gasteiger partial charge in [0.05, 0.1) is 12.1 Å². The topological polar surface area (TPSA) is 47.6 Å². The molecule has 0 radical (unpaired) electrons. The van der Waals surface area contributed by atoms with Gasteiger partial charge in [0.2, 0.25) is 0 Å². The van der Waals surface area contributed by atoms with Crippen LogP contribution in [-0.2, 0) is 0 Å². The molecule has 0 aliphatic heterocycles. The molecule has 17 heavy (non-hydrogen) atoms. The first-order chi connectivity index (χ1) is 8.36. The Balaban J connectivity index is 2.20. The van der Waals surface area contributed by atoms with E-state index in [1.54, 1.807) is 5.57 Å². The van der Waals surface area contributed by atoms with Crippen LogP contribution in [0.25, 0.3) is 0 Å². The highest BCUT2D eigenvalue weighted by Gasteiger charge is 2.12. The van der Waals surface area contributed by atoms with Crippen LogP contribution >= 0.6 is 0 Å². The Bertz CT molecular complexity index is 317. The molecule has 0 aromatic carbocycles. The number of unbranched alkanes of at least 4 members (excludes halogenated alkanes) is 2. The lowest BCUT2D eigenvalue weighted by Gasteiger charge is -2.12. The summed E-state index contributed by atoms with van der Waals surface area (Å²) in [6, 6.07) is 4.43. The normalized spacial score (nSPS) is 19.9. The lowest BCUT2D eigenvalue weighted by molar-refractivity contribution is 0.420. The van der Waals surface area contributed by atoms with Crippen LogP contribution in [-0.4, -0.2) is 0 Å². The molecule has 2 heteroatoms. The van der Waals surface area contributed by atoms with Gasteiger partial charge in [-0.2, -0.15) is 10.5 Å². The Hall–Kier alpha value is -1.28. The average molecular weight is 230 g/mol. The molecule has 0 saturated carbocycles. The van der Waals surface area contributed by atoms with E-state index in [1.807, 2.05) is 0 Å². The van der Waals surface area contributed by atoms with Crippen molar-refractivity contribution >= 4 is 0 Å². The molecular formula is C15H22N2. The molecule has 0 N–H and O–H groups in total. The third-order valence-electron chi connectivity index (χ3n) is 3.57. The second-order valence-electron chi connectivity index (χ2n) is 4.91. The number of hydrogen-bond donors (Lipinski definition) is 0. The van der Waals surface area contributed by atoms with Crippen LogP contribution < -0.4 is 0 Å². The molecular weight excluding hydrogens is 208 g/mol. The lowest BCUT2D eigenvalue weighted by atomic mass is 9.93. The Morgan fingerprint density at radius 2 is 1.88 bits per heavy atom. The number of hydrogen-bond acceptors (Lipinski definition) is 2. The predicted octanol–water partition coefficient (Wildman–Crippen LogP) is 4.49. The average Bonchev–Trinajstić information content (AvgIpc) is 2.56. The van der Waals surface area contributed by atoms with Crippen molar-refractivity contribution in [2.24, 2.45) is 5.92 Å². The summed E-state index contributed by atoms with van der Waals surface area (Å²) in [6.45, 7) is 0. The van der Waals surface area contributed by atoms with E-state index < -0.39 is 0 Å². The fourth-order valence-electron chi connectivity index (χ4n) is 2.54. The second kappa shape index (κ2) is 8.82. The van der Waals surface area contributed by atoms with Crippen LogP contribution in [0, 0.1) is 28.6 Å². The van der Waals surface area contributed by atoms with Crippen LogP contribution in [0.1, 0.15) is 64.2 Å². The van der Waals surface area contributed by atoms with Crippen molar-refractivity contribution in [3.63, 3.8) is 0 Å². The molecule has 0 heterocycles. The highest BCUT2D eigenvalue weighted by Crippen LogP contribution is 2.28. The number of nitrogens with zero attached hydrogens (tertiary/aromatic N) is 2. The molecule has 0 aromatic rings. The van der Waals surface area contributed by atoms with E-state index >= 15 is 0 Å². The molecule has 1 aliphatic rings. The molecule has 0 saturated heterocycles. The Kier molecular flexibility index (Phi) is 7.15. The van der Waals surface area contributed by atoms with E-state index in [0.717, 1.165) is 25.2 Å². The van der Waals surface area contributed by atoms with Crippen LogP contribution in [0.15, 0.2) is 11.6 Å². The lowest BCUT2D eigenvalue weighted by Crippen LogP contribution is -1.98. The highest BCUT2D eigenvalue weighted by molar-refractivity contribution is 5.04. The van der Waals surface area contributed by atoms with Crippen molar-refractivity contribution in [2.75, 3.05) is 0 Å². The highest BCUT2D eigenvalue weighted by atomic mass is 14.2. The van der Waals surface area contributed by atoms with Crippen LogP contribution in [0.2, 0.25) is 0 Å². The van der Waals surface area contributed by atoms with E-state index in [2.05, 4.69) is 18.2 Å². The van der Waals surface area contributed by atoms with Gasteiger partial charge in [-0.05, 0) is 57.3 Å². The van der Waals surface area contributed by atoms with Gasteiger partial charge in [0.15, 0.2) is 0 Å². The zero-order chi connectivity index (χ0) is 12.3. The summed E-state index contributed by atoms with van der Waals surface area (Å²) in [7, 11) is 0. The fraction of sp³-hybridized carbons (Fsp3) is 0.733. The SMILES string of the molecule is N#CCCCC1=CCCC(CCCC#N)CC1. The maximum absolute atomic E-state index is 8.53. The van der Waals surface area contributed by atoms with Gasteiger partial charge in [0.1, 0.15) is 0 Å². The Morgan fingerprint density at radius 3 is 2.65 bits per heavy atom. The van der Waals surface area contributed by atoms with Crippen molar-refractivity contribution in [2.45, 2.75) is 64.2 Å². The molecule has 1 unspecified atom stereocenters. The van der Waals surface area contributed by atoms with Gasteiger partial charge in [-0.1, -0.05) is 11.6 Å². The van der Waals surface area contributed by atoms with Crippen molar-refractivity contribution in [3.8, 4) is 12.1 Å². The van der Waals surface area contributed by atoms with Crippen LogP contribution in [0.5, 0.6) is 0 Å². The minimum Gasteiger partial charge on any atom is -0.198 e. The third kappa shape index (κ3) is 6.12. The summed E-state index contributed by atoms with van der Waals surface area (Å²) < 4.78 is 0. The van der Waals surface area contributed by atoms with Crippen LogP contribution in [0.4, 0.5) is 0 Å². The minimum absolute atomic E-state index is 0.683. The van der Waals surface area contributed by atoms with Crippen molar-refractivity contribution < 1.29 is 0 Å². The summed E-state index contributed by atoms with van der Waals surface area (Å²) in [6.07, 6.45) is 13.2. The predicted molar refractivity (Wildman–Crippen MR) is 69.0 cm³/mol. The first kappa shape index (κ1) is 13.8. The minimum atomic E-state index is 0.683. The van der Waals surface area contributed by atoms with E-state index in [-0.39, 0.29) is 0 Å². The maximum Gasteiger partial charge on any atom is 0.0621 e. The number of nitriles is 2. The molecule has 0 bridgehead atoms. The van der Waals surface area contributed by atoms with Crippen LogP contribution in [0.3, 0.4) is 0 Å². The molecule has 1 aliphatic carbocycles. The molecule has 2 nitrogen and oxygen atoms in total. The summed E-state index contributed by atoms with van der Waals surface area (Å²) in [5, 5.41) is 17.0. The van der Waals surface area contributed by atoms with Gasteiger partial charge in [-0.3, -0.25) is 0 Å². The summed E-state index contributed by atoms with van der Waals surface area (Å²) in [4.78, 5) is 0. The fourth-order valence-corrected chi connectivity index (χ4v) is 2.54. The van der Waals surface area contributed by atoms with E-state index in [9.17, 15) is 0 Å². The van der Waals surface area contributed by atoms with Gasteiger partial charge in [-0.15, -0.1) is 0 Å². The number of rotatable bonds is 6. The number of allylic oxidation sites excluding steroid dienone is 2. The molecule has 0 fully saturated rings. The summed E-state index contributed by atoms with van der Waals surface area (Å²) in [5.74, 6) is 0.813. The van der Waals surface area contributed by atoms with Gasteiger partial charge in [0, 0.05) is 12.8 Å². The molecule has 0 spiro atoms. The first-order valence-corrected chi connectivity index (χ1v) is 6.78. The van der Waals surface area contributed by atoms with Crippen molar-refractivity contribution in [3.05, 3.63) is 11.6 Å². The summed E-state index contributed by atoms with van der Waals surface area (Å²) >= 11 is 0. The zero-order valence-corrected chi connectivity index (χ0v) is 10.6. The Morgan fingerprint density at radius 1 is 1.12 bits per heavy atom. The smallest absolute Gasteiger partial charge is 0.0621 e. The van der Waals surface area contributed by atoms with Crippen molar-refractivity contribution in [1.82, 2.24) is 0 Å². The van der Waals surface area contributed by atoms with E-state index in [4.69, 9.17) is 10.5 Å². The molecule has 0 aromatic heterocycles. The van der Waals surface area contributed by atoms with E-state index in [1.165, 1.54) is 32.1 Å². The van der Waals surface area contributed by atoms with Gasteiger partial charge in [-0.25, -0.2) is 0 Å². The molecule has 1 atom stereocenters. The molecule has 0 amide bonds.